The number of aliphatic hydroxyl groups is 1. The van der Waals surface area contributed by atoms with Crippen LogP contribution in [0.1, 0.15) is 59.3 Å². The first-order valence-electron chi connectivity index (χ1n) is 7.08. The Kier molecular flexibility index (Phi) is 2.11. The summed E-state index contributed by atoms with van der Waals surface area (Å²) in [5.74, 6) is 1.39. The normalized spacial score (nSPS) is 60.0. The van der Waals surface area contributed by atoms with Crippen LogP contribution in [0.25, 0.3) is 0 Å². The van der Waals surface area contributed by atoms with E-state index in [1.54, 1.807) is 0 Å². The fourth-order valence-corrected chi connectivity index (χ4v) is 5.88. The van der Waals surface area contributed by atoms with Crippen LogP contribution in [-0.4, -0.2) is 11.7 Å². The zero-order valence-electron chi connectivity index (χ0n) is 11.1. The van der Waals surface area contributed by atoms with E-state index >= 15 is 0 Å². The lowest BCUT2D eigenvalue weighted by atomic mass is 9.59. The number of fused-ring (bicyclic) bond motifs is 5. The molecule has 1 heteroatoms. The summed E-state index contributed by atoms with van der Waals surface area (Å²) in [6, 6.07) is 0. The smallest absolute Gasteiger partial charge is 0.0462 e. The van der Waals surface area contributed by atoms with Crippen molar-refractivity contribution in [3.8, 4) is 0 Å². The van der Waals surface area contributed by atoms with E-state index in [4.69, 9.17) is 0 Å². The molecule has 0 aromatic rings. The minimum Gasteiger partial charge on any atom is -0.396 e. The molecule has 5 atom stereocenters. The average Bonchev–Trinajstić information content (AvgIpc) is 2.63. The number of hydrogen-bond donors (Lipinski definition) is 1. The molecule has 1 nitrogen and oxygen atoms in total. The minimum atomic E-state index is 0.423. The van der Waals surface area contributed by atoms with Gasteiger partial charge in [-0.2, -0.15) is 0 Å². The summed E-state index contributed by atoms with van der Waals surface area (Å²) in [6.45, 7) is 8.04. The summed E-state index contributed by atoms with van der Waals surface area (Å²) in [7, 11) is 0. The van der Waals surface area contributed by atoms with E-state index in [1.165, 1.54) is 38.5 Å². The Balaban J connectivity index is 2.07. The van der Waals surface area contributed by atoms with Crippen LogP contribution in [-0.2, 0) is 0 Å². The molecule has 0 unspecified atom stereocenters. The van der Waals surface area contributed by atoms with E-state index in [-0.39, 0.29) is 0 Å². The summed E-state index contributed by atoms with van der Waals surface area (Å²) < 4.78 is 0. The predicted molar refractivity (Wildman–Crippen MR) is 66.1 cm³/mol. The molecule has 16 heavy (non-hydrogen) atoms. The Labute approximate surface area is 99.6 Å². The lowest BCUT2D eigenvalue weighted by molar-refractivity contribution is 0.0305. The van der Waals surface area contributed by atoms with E-state index in [1.807, 2.05) is 0 Å². The molecule has 3 aliphatic rings. The maximum Gasteiger partial charge on any atom is 0.0462 e. The fraction of sp³-hybridized carbons (Fsp3) is 1.00. The van der Waals surface area contributed by atoms with Gasteiger partial charge in [0.1, 0.15) is 0 Å². The van der Waals surface area contributed by atoms with Crippen molar-refractivity contribution >= 4 is 0 Å². The second-order valence-electron chi connectivity index (χ2n) is 7.46. The van der Waals surface area contributed by atoms with Crippen LogP contribution in [0.5, 0.6) is 0 Å². The summed E-state index contributed by atoms with van der Waals surface area (Å²) >= 11 is 0. The first kappa shape index (κ1) is 11.1. The van der Waals surface area contributed by atoms with E-state index in [2.05, 4.69) is 20.8 Å². The van der Waals surface area contributed by atoms with Crippen molar-refractivity contribution in [1.82, 2.24) is 0 Å². The van der Waals surface area contributed by atoms with Gasteiger partial charge < -0.3 is 5.11 Å². The van der Waals surface area contributed by atoms with Gasteiger partial charge in [0.15, 0.2) is 0 Å². The maximum absolute atomic E-state index is 9.61. The SMILES string of the molecule is C[C@@]12CC[C@H](CO)[C@@H](C1)[C@]1(C)CCC[C@]21C. The molecule has 1 N–H and O–H groups in total. The van der Waals surface area contributed by atoms with Gasteiger partial charge in [0.05, 0.1) is 0 Å². The molecule has 92 valence electrons. The van der Waals surface area contributed by atoms with Crippen LogP contribution >= 0.6 is 0 Å². The predicted octanol–water partition coefficient (Wildman–Crippen LogP) is 3.61. The Morgan fingerprint density at radius 1 is 1.12 bits per heavy atom. The monoisotopic (exact) mass is 222 g/mol. The molecule has 3 saturated carbocycles. The molecule has 3 rings (SSSR count). The lowest BCUT2D eigenvalue weighted by Crippen LogP contribution is -2.38. The van der Waals surface area contributed by atoms with Crippen molar-refractivity contribution in [3.05, 3.63) is 0 Å². The van der Waals surface area contributed by atoms with Crippen molar-refractivity contribution in [1.29, 1.82) is 0 Å². The molecule has 0 heterocycles. The van der Waals surface area contributed by atoms with Crippen LogP contribution in [0.15, 0.2) is 0 Å². The third kappa shape index (κ3) is 0.978. The lowest BCUT2D eigenvalue weighted by Gasteiger charge is -2.45. The van der Waals surface area contributed by atoms with E-state index in [0.29, 0.717) is 28.8 Å². The van der Waals surface area contributed by atoms with Crippen molar-refractivity contribution in [2.45, 2.75) is 59.3 Å². The second kappa shape index (κ2) is 3.04. The number of aliphatic hydroxyl groups excluding tert-OH is 1. The molecule has 3 fully saturated rings. The zero-order chi connectivity index (χ0) is 11.6. The highest BCUT2D eigenvalue weighted by atomic mass is 16.3. The largest absolute Gasteiger partial charge is 0.396 e. The van der Waals surface area contributed by atoms with Gasteiger partial charge in [-0.15, -0.1) is 0 Å². The van der Waals surface area contributed by atoms with E-state index in [0.717, 1.165) is 5.92 Å². The zero-order valence-corrected chi connectivity index (χ0v) is 11.1. The van der Waals surface area contributed by atoms with Crippen molar-refractivity contribution in [3.63, 3.8) is 0 Å². The fourth-order valence-electron chi connectivity index (χ4n) is 5.88. The van der Waals surface area contributed by atoms with Crippen LogP contribution in [0, 0.1) is 28.1 Å². The third-order valence-electron chi connectivity index (χ3n) is 7.32. The summed E-state index contributed by atoms with van der Waals surface area (Å²) in [5, 5.41) is 9.61. The molecule has 3 aliphatic carbocycles. The van der Waals surface area contributed by atoms with Gasteiger partial charge in [-0.05, 0) is 60.2 Å². The van der Waals surface area contributed by atoms with Gasteiger partial charge in [-0.1, -0.05) is 27.2 Å². The molecule has 0 aliphatic heterocycles. The Hall–Kier alpha value is -0.0400. The first-order chi connectivity index (χ1) is 7.47. The van der Waals surface area contributed by atoms with Gasteiger partial charge in [-0.25, -0.2) is 0 Å². The summed E-state index contributed by atoms with van der Waals surface area (Å²) in [4.78, 5) is 0. The summed E-state index contributed by atoms with van der Waals surface area (Å²) in [6.07, 6.45) is 8.24. The highest BCUT2D eigenvalue weighted by Gasteiger charge is 2.69. The quantitative estimate of drug-likeness (QED) is 0.718. The van der Waals surface area contributed by atoms with E-state index < -0.39 is 0 Å². The van der Waals surface area contributed by atoms with Crippen LogP contribution in [0.4, 0.5) is 0 Å². The van der Waals surface area contributed by atoms with Crippen molar-refractivity contribution in [2.24, 2.45) is 28.1 Å². The molecule has 0 aromatic heterocycles. The molecule has 0 saturated heterocycles. The Morgan fingerprint density at radius 3 is 2.56 bits per heavy atom. The van der Waals surface area contributed by atoms with Gasteiger partial charge in [0, 0.05) is 6.61 Å². The molecular weight excluding hydrogens is 196 g/mol. The van der Waals surface area contributed by atoms with Crippen molar-refractivity contribution < 1.29 is 5.11 Å². The molecule has 0 spiro atoms. The van der Waals surface area contributed by atoms with E-state index in [9.17, 15) is 5.11 Å². The molecular formula is C15H26O. The number of rotatable bonds is 1. The van der Waals surface area contributed by atoms with Crippen LogP contribution < -0.4 is 0 Å². The second-order valence-corrected chi connectivity index (χ2v) is 7.46. The first-order valence-corrected chi connectivity index (χ1v) is 7.08. The Morgan fingerprint density at radius 2 is 1.88 bits per heavy atom. The molecule has 0 radical (unpaired) electrons. The van der Waals surface area contributed by atoms with Gasteiger partial charge >= 0.3 is 0 Å². The van der Waals surface area contributed by atoms with Crippen LogP contribution in [0.3, 0.4) is 0 Å². The van der Waals surface area contributed by atoms with Gasteiger partial charge in [0.25, 0.3) is 0 Å². The highest BCUT2D eigenvalue weighted by molar-refractivity contribution is 5.18. The van der Waals surface area contributed by atoms with Gasteiger partial charge in [0.2, 0.25) is 0 Å². The molecule has 2 bridgehead atoms. The average molecular weight is 222 g/mol. The Bertz CT molecular complexity index is 313. The van der Waals surface area contributed by atoms with Crippen LogP contribution in [0.2, 0.25) is 0 Å². The third-order valence-corrected chi connectivity index (χ3v) is 7.32. The van der Waals surface area contributed by atoms with Gasteiger partial charge in [-0.3, -0.25) is 0 Å². The highest BCUT2D eigenvalue weighted by Crippen LogP contribution is 2.76. The minimum absolute atomic E-state index is 0.423. The number of hydrogen-bond acceptors (Lipinski definition) is 1. The van der Waals surface area contributed by atoms with Crippen molar-refractivity contribution in [2.75, 3.05) is 6.61 Å². The molecule has 0 aromatic carbocycles. The topological polar surface area (TPSA) is 20.2 Å². The summed E-state index contributed by atoms with van der Waals surface area (Å²) in [5.41, 5.74) is 1.63. The molecule has 0 amide bonds. The maximum atomic E-state index is 9.61. The standard InChI is InChI=1S/C15H26O/c1-13-8-5-11(10-16)12(9-13)14(2)6-4-7-15(13,14)3/h11-12,16H,4-10H2,1-3H3/t11-,12-,13-,14+,15-/m1/s1.